The van der Waals surface area contributed by atoms with Crippen molar-refractivity contribution in [2.45, 2.75) is 0 Å². The predicted octanol–water partition coefficient (Wildman–Crippen LogP) is 2.95. The van der Waals surface area contributed by atoms with E-state index >= 15 is 0 Å². The first-order valence-corrected chi connectivity index (χ1v) is 5.95. The SMILES string of the molecule is COC.O=C(OC(=O)c1ccccc1)c1ccccc1. The van der Waals surface area contributed by atoms with Crippen LogP contribution in [0.4, 0.5) is 0 Å². The Labute approximate surface area is 118 Å². The van der Waals surface area contributed by atoms with Crippen LogP contribution in [0, 0.1) is 0 Å². The Morgan fingerprint density at radius 1 is 0.700 bits per heavy atom. The van der Waals surface area contributed by atoms with Gasteiger partial charge in [-0.1, -0.05) is 36.4 Å². The molecular weight excluding hydrogens is 256 g/mol. The number of carbonyl (C=O) groups is 2. The maximum atomic E-state index is 11.6. The minimum atomic E-state index is -0.639. The highest BCUT2D eigenvalue weighted by Crippen LogP contribution is 2.05. The molecule has 0 spiro atoms. The predicted molar refractivity (Wildman–Crippen MR) is 75.6 cm³/mol. The van der Waals surface area contributed by atoms with E-state index in [1.807, 2.05) is 0 Å². The molecule has 0 atom stereocenters. The topological polar surface area (TPSA) is 52.6 Å². The summed E-state index contributed by atoms with van der Waals surface area (Å²) in [4.78, 5) is 23.2. The molecule has 2 rings (SSSR count). The summed E-state index contributed by atoms with van der Waals surface area (Å²) < 4.78 is 8.99. The Morgan fingerprint density at radius 2 is 1.00 bits per heavy atom. The number of carbonyl (C=O) groups excluding carboxylic acids is 2. The monoisotopic (exact) mass is 272 g/mol. The van der Waals surface area contributed by atoms with Gasteiger partial charge in [-0.15, -0.1) is 0 Å². The summed E-state index contributed by atoms with van der Waals surface area (Å²) in [5, 5.41) is 0. The molecule has 4 nitrogen and oxygen atoms in total. The highest BCUT2D eigenvalue weighted by molar-refractivity contribution is 6.02. The molecule has 0 amide bonds. The van der Waals surface area contributed by atoms with Crippen molar-refractivity contribution < 1.29 is 19.1 Å². The van der Waals surface area contributed by atoms with E-state index in [0.29, 0.717) is 11.1 Å². The molecule has 4 heteroatoms. The van der Waals surface area contributed by atoms with Gasteiger partial charge in [0.2, 0.25) is 0 Å². The molecule has 0 aliphatic heterocycles. The van der Waals surface area contributed by atoms with Gasteiger partial charge in [0.15, 0.2) is 0 Å². The van der Waals surface area contributed by atoms with Gasteiger partial charge < -0.3 is 9.47 Å². The number of hydrogen-bond donors (Lipinski definition) is 0. The highest BCUT2D eigenvalue weighted by Gasteiger charge is 2.13. The van der Waals surface area contributed by atoms with Crippen LogP contribution < -0.4 is 0 Å². The van der Waals surface area contributed by atoms with Gasteiger partial charge in [-0.2, -0.15) is 0 Å². The van der Waals surface area contributed by atoms with Crippen LogP contribution in [0.1, 0.15) is 20.7 Å². The van der Waals surface area contributed by atoms with Gasteiger partial charge in [0.05, 0.1) is 11.1 Å². The zero-order valence-electron chi connectivity index (χ0n) is 11.4. The number of esters is 2. The van der Waals surface area contributed by atoms with Crippen molar-refractivity contribution in [1.29, 1.82) is 0 Å². The standard InChI is InChI=1S/C14H10O3.C2H6O/c15-13(11-7-3-1-4-8-11)17-14(16)12-9-5-2-6-10-12;1-3-2/h1-10H;1-2H3. The van der Waals surface area contributed by atoms with Crippen molar-refractivity contribution in [3.05, 3.63) is 71.8 Å². The molecule has 104 valence electrons. The van der Waals surface area contributed by atoms with E-state index in [0.717, 1.165) is 0 Å². The van der Waals surface area contributed by atoms with Crippen LogP contribution in [0.3, 0.4) is 0 Å². The quantitative estimate of drug-likeness (QED) is 0.623. The molecule has 0 saturated heterocycles. The minimum Gasteiger partial charge on any atom is -0.388 e. The number of hydrogen-bond acceptors (Lipinski definition) is 4. The minimum absolute atomic E-state index is 0.358. The van der Waals surface area contributed by atoms with E-state index < -0.39 is 11.9 Å². The number of methoxy groups -OCH3 is 1. The first-order chi connectivity index (χ1) is 9.69. The fourth-order valence-corrected chi connectivity index (χ4v) is 1.35. The molecule has 0 unspecified atom stereocenters. The lowest BCUT2D eigenvalue weighted by atomic mass is 10.2. The third kappa shape index (κ3) is 5.04. The van der Waals surface area contributed by atoms with Gasteiger partial charge >= 0.3 is 11.9 Å². The molecule has 0 aliphatic carbocycles. The number of rotatable bonds is 2. The smallest absolute Gasteiger partial charge is 0.346 e. The molecule has 0 fully saturated rings. The second-order valence-corrected chi connectivity index (χ2v) is 3.82. The van der Waals surface area contributed by atoms with Gasteiger partial charge in [-0.3, -0.25) is 0 Å². The number of benzene rings is 2. The summed E-state index contributed by atoms with van der Waals surface area (Å²) in [6.07, 6.45) is 0. The molecular formula is C16H16O4. The Morgan fingerprint density at radius 3 is 1.30 bits per heavy atom. The van der Waals surface area contributed by atoms with Crippen LogP contribution in [0.15, 0.2) is 60.7 Å². The first kappa shape index (κ1) is 15.6. The molecule has 0 aromatic heterocycles. The van der Waals surface area contributed by atoms with E-state index in [4.69, 9.17) is 4.74 Å². The Kier molecular flexibility index (Phi) is 6.71. The average Bonchev–Trinajstić information content (AvgIpc) is 2.50. The van der Waals surface area contributed by atoms with E-state index in [9.17, 15) is 9.59 Å². The lowest BCUT2D eigenvalue weighted by Crippen LogP contribution is -2.12. The lowest BCUT2D eigenvalue weighted by Gasteiger charge is -2.02. The molecule has 0 saturated carbocycles. The zero-order chi connectivity index (χ0) is 14.8. The van der Waals surface area contributed by atoms with Crippen LogP contribution >= 0.6 is 0 Å². The summed E-state index contributed by atoms with van der Waals surface area (Å²) >= 11 is 0. The molecule has 0 bridgehead atoms. The van der Waals surface area contributed by atoms with Crippen molar-refractivity contribution in [2.75, 3.05) is 14.2 Å². The normalized spacial score (nSPS) is 9.10. The third-order valence-corrected chi connectivity index (χ3v) is 2.20. The van der Waals surface area contributed by atoms with Crippen molar-refractivity contribution in [1.82, 2.24) is 0 Å². The maximum Gasteiger partial charge on any atom is 0.346 e. The second-order valence-electron chi connectivity index (χ2n) is 3.82. The van der Waals surface area contributed by atoms with Crippen molar-refractivity contribution in [3.63, 3.8) is 0 Å². The van der Waals surface area contributed by atoms with Crippen molar-refractivity contribution in [3.8, 4) is 0 Å². The first-order valence-electron chi connectivity index (χ1n) is 5.95. The van der Waals surface area contributed by atoms with Crippen LogP contribution in [0.5, 0.6) is 0 Å². The van der Waals surface area contributed by atoms with Crippen molar-refractivity contribution in [2.24, 2.45) is 0 Å². The highest BCUT2D eigenvalue weighted by atomic mass is 16.6. The molecule has 0 radical (unpaired) electrons. The molecule has 20 heavy (non-hydrogen) atoms. The third-order valence-electron chi connectivity index (χ3n) is 2.20. The molecule has 0 N–H and O–H groups in total. The van der Waals surface area contributed by atoms with Gasteiger partial charge in [-0.25, -0.2) is 9.59 Å². The van der Waals surface area contributed by atoms with E-state index in [1.165, 1.54) is 0 Å². The summed E-state index contributed by atoms with van der Waals surface area (Å²) in [6, 6.07) is 16.8. The van der Waals surface area contributed by atoms with Crippen LogP contribution in [0.2, 0.25) is 0 Å². The van der Waals surface area contributed by atoms with Crippen molar-refractivity contribution >= 4 is 11.9 Å². The molecule has 0 heterocycles. The Hall–Kier alpha value is -2.46. The van der Waals surface area contributed by atoms with Crippen LogP contribution in [-0.2, 0) is 9.47 Å². The number of ether oxygens (including phenoxy) is 2. The van der Waals surface area contributed by atoms with E-state index in [-0.39, 0.29) is 0 Å². The summed E-state index contributed by atoms with van der Waals surface area (Å²) in [5.41, 5.74) is 0.716. The van der Waals surface area contributed by atoms with Gasteiger partial charge in [-0.05, 0) is 24.3 Å². The zero-order valence-corrected chi connectivity index (χ0v) is 11.4. The fourth-order valence-electron chi connectivity index (χ4n) is 1.35. The van der Waals surface area contributed by atoms with Gasteiger partial charge in [0.25, 0.3) is 0 Å². The summed E-state index contributed by atoms with van der Waals surface area (Å²) in [5.74, 6) is -1.28. The van der Waals surface area contributed by atoms with Crippen LogP contribution in [-0.4, -0.2) is 26.2 Å². The Balaban J connectivity index is 0.000000612. The molecule has 2 aromatic rings. The molecule has 2 aromatic carbocycles. The van der Waals surface area contributed by atoms with E-state index in [1.54, 1.807) is 74.9 Å². The van der Waals surface area contributed by atoms with Crippen LogP contribution in [0.25, 0.3) is 0 Å². The molecule has 0 aliphatic rings. The van der Waals surface area contributed by atoms with Gasteiger partial charge in [0, 0.05) is 14.2 Å². The summed E-state index contributed by atoms with van der Waals surface area (Å²) in [7, 11) is 3.25. The Bertz CT molecular complexity index is 485. The lowest BCUT2D eigenvalue weighted by molar-refractivity contribution is 0.0398. The fraction of sp³-hybridized carbons (Fsp3) is 0.125. The van der Waals surface area contributed by atoms with E-state index in [2.05, 4.69) is 4.74 Å². The largest absolute Gasteiger partial charge is 0.388 e. The maximum absolute atomic E-state index is 11.6. The second kappa shape index (κ2) is 8.61. The van der Waals surface area contributed by atoms with Gasteiger partial charge in [0.1, 0.15) is 0 Å². The average molecular weight is 272 g/mol. The summed E-state index contributed by atoms with van der Waals surface area (Å²) in [6.45, 7) is 0.